The summed E-state index contributed by atoms with van der Waals surface area (Å²) in [7, 11) is 0. The second kappa shape index (κ2) is 8.15. The molecule has 1 unspecified atom stereocenters. The Balaban J connectivity index is 2.09. The summed E-state index contributed by atoms with van der Waals surface area (Å²) in [5.74, 6) is -0.988. The predicted octanol–water partition coefficient (Wildman–Crippen LogP) is 5.07. The molecule has 5 nitrogen and oxygen atoms in total. The first-order valence-corrected chi connectivity index (χ1v) is 10.3. The average molecular weight is 411 g/mol. The lowest BCUT2D eigenvalue weighted by molar-refractivity contribution is 0.0409. The van der Waals surface area contributed by atoms with Crippen molar-refractivity contribution in [3.63, 3.8) is 0 Å². The van der Waals surface area contributed by atoms with E-state index in [1.807, 2.05) is 13.0 Å². The van der Waals surface area contributed by atoms with Crippen molar-refractivity contribution in [3.8, 4) is 17.2 Å². The molecule has 2 aromatic rings. The molecule has 1 atom stereocenters. The van der Waals surface area contributed by atoms with Gasteiger partial charge in [0.25, 0.3) is 0 Å². The van der Waals surface area contributed by atoms with Gasteiger partial charge in [0.05, 0.1) is 16.6 Å². The number of aromatic hydroxyl groups is 3. The summed E-state index contributed by atoms with van der Waals surface area (Å²) in [5.41, 5.74) is 2.50. The molecule has 4 N–H and O–H groups in total. The van der Waals surface area contributed by atoms with Crippen LogP contribution in [0.1, 0.15) is 68.4 Å². The molecule has 0 fully saturated rings. The Hall–Kier alpha value is -2.79. The fourth-order valence-corrected chi connectivity index (χ4v) is 4.19. The third kappa shape index (κ3) is 4.36. The normalized spacial score (nSPS) is 19.1. The fraction of sp³-hybridized carbons (Fsp3) is 0.400. The Morgan fingerprint density at radius 2 is 1.77 bits per heavy atom. The molecule has 2 aromatic carbocycles. The molecule has 0 saturated carbocycles. The van der Waals surface area contributed by atoms with Crippen molar-refractivity contribution in [2.45, 2.75) is 65.4 Å². The molecule has 1 aliphatic rings. The number of carbonyl (C=O) groups excluding carboxylic acids is 1. The first kappa shape index (κ1) is 21.9. The molecule has 3 rings (SSSR count). The number of hydrogen-bond acceptors (Lipinski definition) is 5. The van der Waals surface area contributed by atoms with Crippen molar-refractivity contribution in [3.05, 3.63) is 52.1 Å². The minimum Gasteiger partial charge on any atom is -0.507 e. The second-order valence-electron chi connectivity index (χ2n) is 8.92. The second-order valence-corrected chi connectivity index (χ2v) is 8.92. The number of benzene rings is 2. The van der Waals surface area contributed by atoms with Crippen LogP contribution in [0.2, 0.25) is 0 Å². The summed E-state index contributed by atoms with van der Waals surface area (Å²) in [4.78, 5) is 12.5. The topological polar surface area (TPSA) is 98.0 Å². The minimum atomic E-state index is -1.19. The predicted molar refractivity (Wildman–Crippen MR) is 118 cm³/mol. The molecule has 5 heteroatoms. The van der Waals surface area contributed by atoms with Gasteiger partial charge in [-0.15, -0.1) is 0 Å². The van der Waals surface area contributed by atoms with E-state index in [4.69, 9.17) is 0 Å². The Morgan fingerprint density at radius 3 is 2.43 bits per heavy atom. The van der Waals surface area contributed by atoms with Gasteiger partial charge in [-0.25, -0.2) is 0 Å². The zero-order chi connectivity index (χ0) is 22.2. The molecule has 30 heavy (non-hydrogen) atoms. The molecule has 0 bridgehead atoms. The van der Waals surface area contributed by atoms with E-state index in [1.54, 1.807) is 13.0 Å². The highest BCUT2D eigenvalue weighted by molar-refractivity contribution is 6.10. The van der Waals surface area contributed by atoms with E-state index in [2.05, 4.69) is 19.9 Å². The van der Waals surface area contributed by atoms with Gasteiger partial charge in [0.15, 0.2) is 5.78 Å². The molecule has 0 radical (unpaired) electrons. The minimum absolute atomic E-state index is 0.0680. The highest BCUT2D eigenvalue weighted by Crippen LogP contribution is 2.45. The molecule has 0 spiro atoms. The van der Waals surface area contributed by atoms with Gasteiger partial charge < -0.3 is 20.4 Å². The molecule has 0 aromatic heterocycles. The summed E-state index contributed by atoms with van der Waals surface area (Å²) >= 11 is 0. The quantitative estimate of drug-likeness (QED) is 0.516. The monoisotopic (exact) mass is 410 g/mol. The van der Waals surface area contributed by atoms with Crippen molar-refractivity contribution in [1.29, 1.82) is 0 Å². The maximum absolute atomic E-state index is 12.5. The van der Waals surface area contributed by atoms with Crippen molar-refractivity contribution in [2.24, 2.45) is 0 Å². The van der Waals surface area contributed by atoms with Gasteiger partial charge in [-0.2, -0.15) is 0 Å². The van der Waals surface area contributed by atoms with Crippen LogP contribution in [0.3, 0.4) is 0 Å². The van der Waals surface area contributed by atoms with Crippen molar-refractivity contribution in [2.75, 3.05) is 0 Å². The van der Waals surface area contributed by atoms with Crippen LogP contribution in [0.25, 0.3) is 10.8 Å². The Kier molecular flexibility index (Phi) is 5.95. The average Bonchev–Trinajstić information content (AvgIpc) is 2.58. The van der Waals surface area contributed by atoms with Crippen LogP contribution in [0.4, 0.5) is 0 Å². The lowest BCUT2D eigenvalue weighted by Gasteiger charge is -2.30. The van der Waals surface area contributed by atoms with Crippen LogP contribution in [0.15, 0.2) is 35.4 Å². The maximum Gasteiger partial charge on any atom is 0.169 e. The number of fused-ring (bicyclic) bond motifs is 2. The van der Waals surface area contributed by atoms with Crippen LogP contribution in [0, 0.1) is 0 Å². The van der Waals surface area contributed by atoms with E-state index < -0.39 is 5.60 Å². The van der Waals surface area contributed by atoms with Crippen molar-refractivity contribution in [1.82, 2.24) is 0 Å². The van der Waals surface area contributed by atoms with E-state index in [0.717, 1.165) is 12.8 Å². The number of allylic oxidation sites excluding steroid dienone is 4. The number of rotatable bonds is 5. The molecule has 0 amide bonds. The Labute approximate surface area is 177 Å². The van der Waals surface area contributed by atoms with Crippen LogP contribution >= 0.6 is 0 Å². The molecule has 1 aliphatic carbocycles. The van der Waals surface area contributed by atoms with Gasteiger partial charge in [0, 0.05) is 24.5 Å². The molecule has 0 heterocycles. The van der Waals surface area contributed by atoms with E-state index in [-0.39, 0.29) is 46.8 Å². The number of carbonyl (C=O) groups is 1. The summed E-state index contributed by atoms with van der Waals surface area (Å²) in [6.07, 6.45) is 6.60. The molecule has 160 valence electrons. The SMILES string of the molecule is CC(C)=CCCC(C)=CCc1c(O)cc(O)c2c(O)c3c(cc12)CC(C)(O)CC3=O. The third-order valence-electron chi connectivity index (χ3n) is 5.68. The highest BCUT2D eigenvalue weighted by atomic mass is 16.3. The number of phenolic OH excluding ortho intramolecular Hbond substituents is 3. The lowest BCUT2D eigenvalue weighted by Crippen LogP contribution is -2.35. The molecule has 0 aliphatic heterocycles. The molecule has 0 saturated heterocycles. The van der Waals surface area contributed by atoms with E-state index in [1.165, 1.54) is 17.2 Å². The lowest BCUT2D eigenvalue weighted by atomic mass is 9.78. The van der Waals surface area contributed by atoms with Crippen molar-refractivity contribution >= 4 is 16.6 Å². The first-order chi connectivity index (χ1) is 14.0. The highest BCUT2D eigenvalue weighted by Gasteiger charge is 2.36. The summed E-state index contributed by atoms with van der Waals surface area (Å²) in [5, 5.41) is 42.8. The number of phenols is 3. The van der Waals surface area contributed by atoms with E-state index in [9.17, 15) is 25.2 Å². The van der Waals surface area contributed by atoms with Crippen molar-refractivity contribution < 1.29 is 25.2 Å². The summed E-state index contributed by atoms with van der Waals surface area (Å²) < 4.78 is 0. The van der Waals surface area contributed by atoms with Crippen LogP contribution in [0.5, 0.6) is 17.2 Å². The third-order valence-corrected chi connectivity index (χ3v) is 5.68. The number of hydrogen-bond donors (Lipinski definition) is 4. The fourth-order valence-electron chi connectivity index (χ4n) is 4.19. The zero-order valence-electron chi connectivity index (χ0n) is 18.0. The number of ketones is 1. The maximum atomic E-state index is 12.5. The van der Waals surface area contributed by atoms with Crippen LogP contribution in [-0.2, 0) is 12.8 Å². The Morgan fingerprint density at radius 1 is 1.07 bits per heavy atom. The summed E-state index contributed by atoms with van der Waals surface area (Å²) in [6, 6.07) is 2.91. The largest absolute Gasteiger partial charge is 0.507 e. The van der Waals surface area contributed by atoms with Gasteiger partial charge in [-0.3, -0.25) is 4.79 Å². The first-order valence-electron chi connectivity index (χ1n) is 10.3. The molecular formula is C25H30O5. The number of Topliss-reactive ketones (excluding diaryl/α,β-unsaturated/α-hetero) is 1. The van der Waals surface area contributed by atoms with Gasteiger partial charge in [-0.05, 0) is 64.0 Å². The smallest absolute Gasteiger partial charge is 0.169 e. The standard InChI is InChI=1S/C25H30O5/c1-14(2)6-5-7-15(3)8-9-17-18-10-16-12-25(4,30)13-21(28)22(16)24(29)23(18)20(27)11-19(17)26/h6,8,10-11,26-27,29-30H,5,7,9,12-13H2,1-4H3. The summed E-state index contributed by atoms with van der Waals surface area (Å²) in [6.45, 7) is 7.76. The Bertz CT molecular complexity index is 1070. The van der Waals surface area contributed by atoms with Gasteiger partial charge >= 0.3 is 0 Å². The van der Waals surface area contributed by atoms with Gasteiger partial charge in [0.1, 0.15) is 17.2 Å². The van der Waals surface area contributed by atoms with Gasteiger partial charge in [0.2, 0.25) is 0 Å². The number of aliphatic hydroxyl groups is 1. The van der Waals surface area contributed by atoms with E-state index >= 15 is 0 Å². The van der Waals surface area contributed by atoms with Crippen LogP contribution < -0.4 is 0 Å². The van der Waals surface area contributed by atoms with Gasteiger partial charge in [-0.1, -0.05) is 23.3 Å². The molecular weight excluding hydrogens is 380 g/mol. The van der Waals surface area contributed by atoms with Crippen LogP contribution in [-0.4, -0.2) is 31.8 Å². The van der Waals surface area contributed by atoms with E-state index in [0.29, 0.717) is 22.9 Å². The zero-order valence-corrected chi connectivity index (χ0v) is 18.0.